The summed E-state index contributed by atoms with van der Waals surface area (Å²) in [6.45, 7) is 2.37. The summed E-state index contributed by atoms with van der Waals surface area (Å²) in [5.74, 6) is 1.32. The molecule has 1 amide bonds. The second-order valence-electron chi connectivity index (χ2n) is 6.72. The van der Waals surface area contributed by atoms with Crippen LogP contribution in [0.1, 0.15) is 18.3 Å². The number of rotatable bonds is 7. The van der Waals surface area contributed by atoms with Crippen LogP contribution in [0.5, 0.6) is 5.75 Å². The Morgan fingerprint density at radius 2 is 2.10 bits per heavy atom. The van der Waals surface area contributed by atoms with Gasteiger partial charge in [-0.2, -0.15) is 5.10 Å². The molecule has 4 rings (SSSR count). The van der Waals surface area contributed by atoms with Gasteiger partial charge in [-0.1, -0.05) is 19.1 Å². The smallest absolute Gasteiger partial charge is 0.291 e. The van der Waals surface area contributed by atoms with Gasteiger partial charge in [0.25, 0.3) is 5.56 Å². The second-order valence-corrected chi connectivity index (χ2v) is 7.67. The van der Waals surface area contributed by atoms with E-state index in [0.717, 1.165) is 27.4 Å². The Bertz CT molecular complexity index is 1240. The lowest BCUT2D eigenvalue weighted by Crippen LogP contribution is -2.36. The van der Waals surface area contributed by atoms with Gasteiger partial charge in [-0.15, -0.1) is 11.3 Å². The van der Waals surface area contributed by atoms with Gasteiger partial charge >= 0.3 is 0 Å². The minimum atomic E-state index is -0.256. The van der Waals surface area contributed by atoms with E-state index < -0.39 is 0 Å². The highest BCUT2D eigenvalue weighted by atomic mass is 32.1. The molecule has 1 N–H and O–H groups in total. The fraction of sp³-hybridized carbons (Fsp3) is 0.286. The molecule has 150 valence electrons. The first kappa shape index (κ1) is 19.2. The first-order valence-electron chi connectivity index (χ1n) is 9.49. The first-order chi connectivity index (χ1) is 14.1. The molecule has 0 spiro atoms. The average Bonchev–Trinajstić information content (AvgIpc) is 3.32. The number of thiophene rings is 1. The van der Waals surface area contributed by atoms with Crippen molar-refractivity contribution in [3.8, 4) is 5.75 Å². The number of amides is 1. The number of carbonyl (C=O) groups excluding carboxylic acids is 1. The van der Waals surface area contributed by atoms with Crippen LogP contribution in [0.3, 0.4) is 0 Å². The molecule has 0 radical (unpaired) electrons. The predicted molar refractivity (Wildman–Crippen MR) is 114 cm³/mol. The van der Waals surface area contributed by atoms with Gasteiger partial charge in [0.1, 0.15) is 23.6 Å². The standard InChI is InChI=1S/C21H22N4O3S/c1-3-19-23-24(21(27)17-12-18-16(25(17)19)8-10-29-18)13-20(26)22-9-7-14-5-4-6-15(11-14)28-2/h4-6,8,10-12H,3,7,9,13H2,1-2H3,(H,22,26). The Kier molecular flexibility index (Phi) is 5.35. The van der Waals surface area contributed by atoms with Crippen LogP contribution >= 0.6 is 11.3 Å². The Hall–Kier alpha value is -3.13. The van der Waals surface area contributed by atoms with Gasteiger partial charge in [-0.25, -0.2) is 4.68 Å². The molecule has 0 aliphatic carbocycles. The van der Waals surface area contributed by atoms with E-state index in [1.807, 2.05) is 53.1 Å². The molecule has 1 aromatic carbocycles. The number of nitrogens with zero attached hydrogens (tertiary/aromatic N) is 3. The highest BCUT2D eigenvalue weighted by molar-refractivity contribution is 7.17. The van der Waals surface area contributed by atoms with Crippen LogP contribution in [0.2, 0.25) is 0 Å². The molecule has 3 heterocycles. The van der Waals surface area contributed by atoms with Gasteiger partial charge in [0.15, 0.2) is 0 Å². The molecule has 0 saturated carbocycles. The lowest BCUT2D eigenvalue weighted by atomic mass is 10.1. The van der Waals surface area contributed by atoms with E-state index >= 15 is 0 Å². The van der Waals surface area contributed by atoms with Crippen molar-refractivity contribution in [3.63, 3.8) is 0 Å². The Morgan fingerprint density at radius 1 is 1.24 bits per heavy atom. The van der Waals surface area contributed by atoms with E-state index in [2.05, 4.69) is 10.4 Å². The summed E-state index contributed by atoms with van der Waals surface area (Å²) in [4.78, 5) is 25.3. The molecular weight excluding hydrogens is 388 g/mol. The van der Waals surface area contributed by atoms with Crippen LogP contribution < -0.4 is 15.6 Å². The van der Waals surface area contributed by atoms with Crippen LogP contribution in [-0.4, -0.2) is 33.7 Å². The number of aromatic nitrogens is 3. The van der Waals surface area contributed by atoms with Gasteiger partial charge in [0.2, 0.25) is 5.91 Å². The number of fused-ring (bicyclic) bond motifs is 3. The van der Waals surface area contributed by atoms with Crippen LogP contribution in [0.25, 0.3) is 15.7 Å². The molecule has 0 fully saturated rings. The van der Waals surface area contributed by atoms with Crippen molar-refractivity contribution < 1.29 is 9.53 Å². The zero-order valence-electron chi connectivity index (χ0n) is 16.3. The van der Waals surface area contributed by atoms with Crippen LogP contribution in [0, 0.1) is 0 Å². The number of hydrogen-bond acceptors (Lipinski definition) is 5. The van der Waals surface area contributed by atoms with Crippen molar-refractivity contribution in [2.75, 3.05) is 13.7 Å². The van der Waals surface area contributed by atoms with E-state index in [1.165, 1.54) is 4.68 Å². The third kappa shape index (κ3) is 3.75. The summed E-state index contributed by atoms with van der Waals surface area (Å²) in [7, 11) is 1.63. The van der Waals surface area contributed by atoms with E-state index in [9.17, 15) is 9.59 Å². The van der Waals surface area contributed by atoms with Crippen LogP contribution in [-0.2, 0) is 24.2 Å². The average molecular weight is 410 g/mol. The Balaban J connectivity index is 1.49. The number of carbonyl (C=O) groups is 1. The normalized spacial score (nSPS) is 11.2. The van der Waals surface area contributed by atoms with E-state index in [-0.39, 0.29) is 18.0 Å². The molecule has 7 nitrogen and oxygen atoms in total. The third-order valence-corrected chi connectivity index (χ3v) is 5.70. The van der Waals surface area contributed by atoms with E-state index in [1.54, 1.807) is 18.4 Å². The predicted octanol–water partition coefficient (Wildman–Crippen LogP) is 2.64. The zero-order chi connectivity index (χ0) is 20.4. The largest absolute Gasteiger partial charge is 0.497 e. The number of nitrogens with one attached hydrogen (secondary N) is 1. The van der Waals surface area contributed by atoms with Gasteiger partial charge in [-0.05, 0) is 41.6 Å². The molecule has 8 heteroatoms. The van der Waals surface area contributed by atoms with Crippen LogP contribution in [0.4, 0.5) is 0 Å². The molecule has 0 aliphatic heterocycles. The van der Waals surface area contributed by atoms with Gasteiger partial charge < -0.3 is 10.1 Å². The molecule has 0 unspecified atom stereocenters. The SMILES string of the molecule is CCc1nn(CC(=O)NCCc2cccc(OC)c2)c(=O)c2cc3sccc3n12. The monoisotopic (exact) mass is 410 g/mol. The number of ether oxygens (including phenoxy) is 1. The molecule has 3 aromatic heterocycles. The number of benzene rings is 1. The minimum Gasteiger partial charge on any atom is -0.497 e. The third-order valence-electron chi connectivity index (χ3n) is 4.85. The summed E-state index contributed by atoms with van der Waals surface area (Å²) in [6.07, 6.45) is 1.34. The van der Waals surface area contributed by atoms with Crippen molar-refractivity contribution in [1.82, 2.24) is 19.5 Å². The number of aryl methyl sites for hydroxylation is 1. The highest BCUT2D eigenvalue weighted by Crippen LogP contribution is 2.24. The maximum absolute atomic E-state index is 12.9. The zero-order valence-corrected chi connectivity index (χ0v) is 17.2. The summed E-state index contributed by atoms with van der Waals surface area (Å²) >= 11 is 1.59. The summed E-state index contributed by atoms with van der Waals surface area (Å²) in [6, 6.07) is 11.6. The van der Waals surface area contributed by atoms with Crippen molar-refractivity contribution in [1.29, 1.82) is 0 Å². The molecule has 29 heavy (non-hydrogen) atoms. The molecule has 0 aliphatic rings. The second kappa shape index (κ2) is 8.08. The van der Waals surface area contributed by atoms with Gasteiger partial charge in [0, 0.05) is 13.0 Å². The van der Waals surface area contributed by atoms with Crippen molar-refractivity contribution in [2.24, 2.45) is 0 Å². The summed E-state index contributed by atoms with van der Waals surface area (Å²) < 4.78 is 9.41. The van der Waals surface area contributed by atoms with Crippen molar-refractivity contribution in [2.45, 2.75) is 26.3 Å². The number of hydrogen-bond donors (Lipinski definition) is 1. The lowest BCUT2D eigenvalue weighted by Gasteiger charge is -2.10. The van der Waals surface area contributed by atoms with Crippen molar-refractivity contribution in [3.05, 3.63) is 63.5 Å². The molecule has 0 saturated heterocycles. The topological polar surface area (TPSA) is 77.6 Å². The van der Waals surface area contributed by atoms with E-state index in [4.69, 9.17) is 4.74 Å². The maximum Gasteiger partial charge on any atom is 0.291 e. The minimum absolute atomic E-state index is 0.0979. The quantitative estimate of drug-likeness (QED) is 0.508. The van der Waals surface area contributed by atoms with Crippen molar-refractivity contribution >= 4 is 33.0 Å². The van der Waals surface area contributed by atoms with Crippen LogP contribution in [0.15, 0.2) is 46.6 Å². The fourth-order valence-electron chi connectivity index (χ4n) is 3.42. The van der Waals surface area contributed by atoms with Gasteiger partial charge in [-0.3, -0.25) is 14.0 Å². The summed E-state index contributed by atoms with van der Waals surface area (Å²) in [5, 5.41) is 9.31. The highest BCUT2D eigenvalue weighted by Gasteiger charge is 2.15. The molecule has 4 aromatic rings. The maximum atomic E-state index is 12.9. The summed E-state index contributed by atoms with van der Waals surface area (Å²) in [5.41, 5.74) is 2.36. The first-order valence-corrected chi connectivity index (χ1v) is 10.4. The van der Waals surface area contributed by atoms with E-state index in [0.29, 0.717) is 24.9 Å². The number of methoxy groups -OCH3 is 1. The molecule has 0 bridgehead atoms. The Morgan fingerprint density at radius 3 is 2.90 bits per heavy atom. The lowest BCUT2D eigenvalue weighted by molar-refractivity contribution is -0.121. The molecular formula is C21H22N4O3S. The molecule has 0 atom stereocenters. The van der Waals surface area contributed by atoms with Gasteiger partial charge in [0.05, 0.1) is 17.3 Å². The Labute approximate surface area is 171 Å². The fourth-order valence-corrected chi connectivity index (χ4v) is 4.23.